The zero-order valence-corrected chi connectivity index (χ0v) is 18.3. The van der Waals surface area contributed by atoms with E-state index >= 15 is 0 Å². The standard InChI is InChI=1S/C25H28N2O5/c1-15(2)22(23(28)27-12-11-16(13-27)24(29)30)26-25(31)32-14-21-19-9-5-3-7-17(19)18-8-4-6-10-20(18)21/h3-10,15-16,21-22H,11-14H2,1-2H3,(H,26,31)(H,29,30). The van der Waals surface area contributed by atoms with E-state index in [1.807, 2.05) is 50.2 Å². The largest absolute Gasteiger partial charge is 0.481 e. The molecule has 2 atom stereocenters. The number of fused-ring (bicyclic) bond motifs is 3. The van der Waals surface area contributed by atoms with Crippen LogP contribution in [0.25, 0.3) is 11.1 Å². The maximum absolute atomic E-state index is 12.9. The van der Waals surface area contributed by atoms with Gasteiger partial charge in [0, 0.05) is 19.0 Å². The number of ether oxygens (including phenoxy) is 1. The Hall–Kier alpha value is -3.35. The van der Waals surface area contributed by atoms with E-state index in [1.165, 1.54) is 4.90 Å². The van der Waals surface area contributed by atoms with Gasteiger partial charge in [0.25, 0.3) is 0 Å². The highest BCUT2D eigenvalue weighted by Crippen LogP contribution is 2.44. The molecule has 7 nitrogen and oxygen atoms in total. The van der Waals surface area contributed by atoms with Crippen LogP contribution >= 0.6 is 0 Å². The third-order valence-corrected chi connectivity index (χ3v) is 6.40. The van der Waals surface area contributed by atoms with Gasteiger partial charge in [0.05, 0.1) is 5.92 Å². The zero-order chi connectivity index (χ0) is 22.8. The minimum absolute atomic E-state index is 0.0590. The molecule has 1 saturated heterocycles. The molecule has 7 heteroatoms. The van der Waals surface area contributed by atoms with Crippen LogP contribution in [0.2, 0.25) is 0 Å². The first-order chi connectivity index (χ1) is 15.4. The average molecular weight is 437 g/mol. The summed E-state index contributed by atoms with van der Waals surface area (Å²) in [5.74, 6) is -1.94. The second kappa shape index (κ2) is 9.02. The first-order valence-electron chi connectivity index (χ1n) is 11.0. The molecule has 1 heterocycles. The molecule has 168 valence electrons. The smallest absolute Gasteiger partial charge is 0.407 e. The molecule has 2 N–H and O–H groups in total. The van der Waals surface area contributed by atoms with Crippen molar-refractivity contribution in [3.05, 3.63) is 59.7 Å². The lowest BCUT2D eigenvalue weighted by atomic mass is 9.98. The van der Waals surface area contributed by atoms with Crippen LogP contribution in [0.5, 0.6) is 0 Å². The zero-order valence-electron chi connectivity index (χ0n) is 18.3. The van der Waals surface area contributed by atoms with Crippen molar-refractivity contribution >= 4 is 18.0 Å². The summed E-state index contributed by atoms with van der Waals surface area (Å²) in [6.45, 7) is 4.41. The van der Waals surface area contributed by atoms with E-state index in [0.29, 0.717) is 13.0 Å². The lowest BCUT2D eigenvalue weighted by Crippen LogP contribution is -2.51. The van der Waals surface area contributed by atoms with Crippen LogP contribution in [0.15, 0.2) is 48.5 Å². The summed E-state index contributed by atoms with van der Waals surface area (Å²) in [6, 6.07) is 15.4. The van der Waals surface area contributed by atoms with Crippen LogP contribution in [-0.2, 0) is 14.3 Å². The summed E-state index contributed by atoms with van der Waals surface area (Å²) >= 11 is 0. The molecule has 2 aromatic rings. The van der Waals surface area contributed by atoms with E-state index in [0.717, 1.165) is 22.3 Å². The number of alkyl carbamates (subject to hydrolysis) is 1. The molecular formula is C25H28N2O5. The Morgan fingerprint density at radius 3 is 2.19 bits per heavy atom. The van der Waals surface area contributed by atoms with Crippen LogP contribution in [0.1, 0.15) is 37.3 Å². The topological polar surface area (TPSA) is 95.9 Å². The summed E-state index contributed by atoms with van der Waals surface area (Å²) < 4.78 is 5.58. The molecule has 32 heavy (non-hydrogen) atoms. The Kier molecular flexibility index (Phi) is 6.17. The summed E-state index contributed by atoms with van der Waals surface area (Å²) in [6.07, 6.45) is -0.218. The van der Waals surface area contributed by atoms with Crippen molar-refractivity contribution < 1.29 is 24.2 Å². The van der Waals surface area contributed by atoms with Gasteiger partial charge in [-0.15, -0.1) is 0 Å². The molecule has 2 aromatic carbocycles. The Morgan fingerprint density at radius 1 is 1.06 bits per heavy atom. The van der Waals surface area contributed by atoms with Crippen molar-refractivity contribution in [3.63, 3.8) is 0 Å². The van der Waals surface area contributed by atoms with E-state index in [9.17, 15) is 19.5 Å². The lowest BCUT2D eigenvalue weighted by molar-refractivity contribution is -0.141. The van der Waals surface area contributed by atoms with Crippen LogP contribution in [0, 0.1) is 11.8 Å². The number of carboxylic acids is 1. The number of hydrogen-bond donors (Lipinski definition) is 2. The molecule has 0 saturated carbocycles. The van der Waals surface area contributed by atoms with Crippen molar-refractivity contribution in [2.45, 2.75) is 32.2 Å². The Labute approximate surface area is 187 Å². The third kappa shape index (κ3) is 4.20. The second-order valence-electron chi connectivity index (χ2n) is 8.80. The monoisotopic (exact) mass is 436 g/mol. The molecule has 2 unspecified atom stereocenters. The number of nitrogens with zero attached hydrogens (tertiary/aromatic N) is 1. The summed E-state index contributed by atoms with van der Waals surface area (Å²) in [5, 5.41) is 11.9. The van der Waals surface area contributed by atoms with Gasteiger partial charge in [-0.2, -0.15) is 0 Å². The highest BCUT2D eigenvalue weighted by molar-refractivity contribution is 5.87. The van der Waals surface area contributed by atoms with Crippen molar-refractivity contribution in [1.29, 1.82) is 0 Å². The Bertz CT molecular complexity index is 989. The predicted octanol–water partition coefficient (Wildman–Crippen LogP) is 3.48. The van der Waals surface area contributed by atoms with E-state index in [1.54, 1.807) is 0 Å². The summed E-state index contributed by atoms with van der Waals surface area (Å²) in [4.78, 5) is 38.3. The minimum Gasteiger partial charge on any atom is -0.481 e. The fraction of sp³-hybridized carbons (Fsp3) is 0.400. The second-order valence-corrected chi connectivity index (χ2v) is 8.80. The lowest BCUT2D eigenvalue weighted by Gasteiger charge is -2.26. The summed E-state index contributed by atoms with van der Waals surface area (Å²) in [5.41, 5.74) is 4.54. The highest BCUT2D eigenvalue weighted by Gasteiger charge is 2.36. The Morgan fingerprint density at radius 2 is 1.66 bits per heavy atom. The fourth-order valence-electron chi connectivity index (χ4n) is 4.64. The van der Waals surface area contributed by atoms with Gasteiger partial charge in [-0.3, -0.25) is 9.59 Å². The van der Waals surface area contributed by atoms with Gasteiger partial charge in [0.1, 0.15) is 12.6 Å². The van der Waals surface area contributed by atoms with E-state index in [-0.39, 0.29) is 30.9 Å². The number of carbonyl (C=O) groups is 3. The van der Waals surface area contributed by atoms with Gasteiger partial charge in [-0.25, -0.2) is 4.79 Å². The number of amides is 2. The van der Waals surface area contributed by atoms with Gasteiger partial charge in [0.15, 0.2) is 0 Å². The van der Waals surface area contributed by atoms with Crippen molar-refractivity contribution in [2.75, 3.05) is 19.7 Å². The molecule has 0 aromatic heterocycles. The molecule has 2 aliphatic rings. The number of carboxylic acid groups (broad SMARTS) is 1. The molecular weight excluding hydrogens is 408 g/mol. The first-order valence-corrected chi connectivity index (χ1v) is 11.0. The number of rotatable bonds is 6. The minimum atomic E-state index is -0.897. The normalized spacial score (nSPS) is 18.2. The quantitative estimate of drug-likeness (QED) is 0.723. The number of likely N-dealkylation sites (tertiary alicyclic amines) is 1. The van der Waals surface area contributed by atoms with Crippen LogP contribution in [0.4, 0.5) is 4.79 Å². The average Bonchev–Trinajstić information content (AvgIpc) is 3.39. The van der Waals surface area contributed by atoms with Crippen LogP contribution in [0.3, 0.4) is 0 Å². The van der Waals surface area contributed by atoms with Crippen LogP contribution < -0.4 is 5.32 Å². The van der Waals surface area contributed by atoms with Crippen LogP contribution in [-0.4, -0.2) is 53.7 Å². The number of nitrogens with one attached hydrogen (secondary N) is 1. The molecule has 4 rings (SSSR count). The van der Waals surface area contributed by atoms with E-state index < -0.39 is 24.0 Å². The van der Waals surface area contributed by atoms with Gasteiger partial charge >= 0.3 is 12.1 Å². The van der Waals surface area contributed by atoms with Crippen molar-refractivity contribution in [3.8, 4) is 11.1 Å². The van der Waals surface area contributed by atoms with Gasteiger partial charge < -0.3 is 20.1 Å². The van der Waals surface area contributed by atoms with Gasteiger partial charge in [-0.05, 0) is 34.6 Å². The van der Waals surface area contributed by atoms with Gasteiger partial charge in [-0.1, -0.05) is 62.4 Å². The molecule has 2 amide bonds. The first kappa shape index (κ1) is 21.9. The molecule has 1 aliphatic heterocycles. The summed E-state index contributed by atoms with van der Waals surface area (Å²) in [7, 11) is 0. The molecule has 0 spiro atoms. The van der Waals surface area contributed by atoms with Crippen molar-refractivity contribution in [2.24, 2.45) is 11.8 Å². The molecule has 0 radical (unpaired) electrons. The number of benzene rings is 2. The molecule has 1 aliphatic carbocycles. The SMILES string of the molecule is CC(C)C(NC(=O)OCC1c2ccccc2-c2ccccc21)C(=O)N1CCC(C(=O)O)C1. The highest BCUT2D eigenvalue weighted by atomic mass is 16.5. The van der Waals surface area contributed by atoms with Crippen molar-refractivity contribution in [1.82, 2.24) is 10.2 Å². The Balaban J connectivity index is 1.41. The fourth-order valence-corrected chi connectivity index (χ4v) is 4.64. The maximum atomic E-state index is 12.9. The van der Waals surface area contributed by atoms with Gasteiger partial charge in [0.2, 0.25) is 5.91 Å². The number of aliphatic carboxylic acids is 1. The van der Waals surface area contributed by atoms with E-state index in [2.05, 4.69) is 17.4 Å². The predicted molar refractivity (Wildman–Crippen MR) is 119 cm³/mol. The maximum Gasteiger partial charge on any atom is 0.407 e. The number of carbonyl (C=O) groups excluding carboxylic acids is 2. The number of hydrogen-bond acceptors (Lipinski definition) is 4. The van der Waals surface area contributed by atoms with E-state index in [4.69, 9.17) is 4.74 Å². The third-order valence-electron chi connectivity index (χ3n) is 6.40. The molecule has 1 fully saturated rings. The molecule has 0 bridgehead atoms.